The number of aliphatic hydroxyl groups excluding tert-OH is 3. The fourth-order valence-corrected chi connectivity index (χ4v) is 7.47. The van der Waals surface area contributed by atoms with Crippen molar-refractivity contribution < 1.29 is 87.8 Å². The van der Waals surface area contributed by atoms with Gasteiger partial charge in [-0.3, -0.25) is 38.1 Å². The van der Waals surface area contributed by atoms with Gasteiger partial charge < -0.3 is 106 Å². The molecule has 1 aliphatic rings. The highest BCUT2D eigenvalue weighted by molar-refractivity contribution is 8.00. The molecule has 74 heavy (non-hydrogen) atoms. The minimum atomic E-state index is -4.46. The quantitative estimate of drug-likeness (QED) is 0.0139. The fraction of sp³-hybridized carbons (Fsp3) is 0.780. The molecule has 29 nitrogen and oxygen atoms in total. The molecule has 0 bridgehead atoms. The zero-order chi connectivity index (χ0) is 57.2. The molecule has 0 aromatic heterocycles. The summed E-state index contributed by atoms with van der Waals surface area (Å²) < 4.78 is 25.2. The lowest BCUT2D eigenvalue weighted by atomic mass is 9.97. The van der Waals surface area contributed by atoms with E-state index in [1.807, 2.05) is 0 Å². The number of hydrogen-bond acceptors (Lipinski definition) is 27. The molecule has 1 amide bonds. The molecule has 0 radical (unpaired) electrons. The number of thioether (sulfide) groups is 3. The van der Waals surface area contributed by atoms with Crippen LogP contribution in [-0.4, -0.2) is 241 Å². The molecule has 1 fully saturated rings. The zero-order valence-electron chi connectivity index (χ0n) is 44.8. The Morgan fingerprint density at radius 2 is 1.11 bits per heavy atom. The number of aliphatic hydroxyl groups is 3. The smallest absolute Gasteiger partial charge is 0.469 e. The number of allylic oxidation sites excluding steroid dienone is 1. The maximum absolute atomic E-state index is 11.4. The molecule has 442 valence electrons. The average molecular weight is 1150 g/mol. The molecule has 24 N–H and O–H groups in total. The largest absolute Gasteiger partial charge is 0.480 e. The van der Waals surface area contributed by atoms with Crippen LogP contribution in [0.4, 0.5) is 0 Å². The molecule has 1 saturated heterocycles. The number of carboxylic acids is 1. The highest BCUT2D eigenvalue weighted by Gasteiger charge is 2.45. The fourth-order valence-electron chi connectivity index (χ4n) is 4.70. The van der Waals surface area contributed by atoms with E-state index in [1.165, 1.54) is 34.7 Å². The molecule has 0 spiro atoms. The summed E-state index contributed by atoms with van der Waals surface area (Å²) in [5.74, 6) is 1.71. The Kier molecular flexibility index (Phi) is 60.5. The second kappa shape index (κ2) is 52.4. The number of ether oxygens (including phenoxy) is 2. The van der Waals surface area contributed by atoms with E-state index in [0.29, 0.717) is 31.1 Å². The monoisotopic (exact) mass is 1150 g/mol. The van der Waals surface area contributed by atoms with Crippen LogP contribution in [0.5, 0.6) is 0 Å². The maximum Gasteiger partial charge on any atom is 0.469 e. The number of rotatable bonds is 30. The lowest BCUT2D eigenvalue weighted by Gasteiger charge is -2.42. The van der Waals surface area contributed by atoms with Gasteiger partial charge in [0.25, 0.3) is 0 Å². The molecule has 0 aliphatic carbocycles. The molecule has 1 rings (SSSR count). The van der Waals surface area contributed by atoms with Crippen LogP contribution in [0.15, 0.2) is 12.3 Å². The van der Waals surface area contributed by atoms with Gasteiger partial charge in [0.1, 0.15) is 52.7 Å². The summed E-state index contributed by atoms with van der Waals surface area (Å²) in [4.78, 5) is 92.0. The standard InChI is InChI=1S/C13H24N2O7.C6H14N2O2S.2C6H14N2OS.C5H12NO5P.C5H9NO.H3N.H2O/c1-6(17)8(14-3)5-21-13-10(15-7(2)18)12(20)11(19)9(4-16)22-13;1-8-5(6(9)10)4-11-3-2-7;2*1-5(9)6(8-2)10-4-3-7;1-4(7)5(6-2)3-11-12(8,9)10;1-4(6-3)5(2)7;;/h8-14,16,19-20H,4-5H2,1-3H3,(H,15,18);5,8H,2-4,7H2,1H3,(H,9,10);2*6,8H,3-4,7H2,1-2H3;5-6H,3H2,1-2H3,(H2,8,9,10);6H,1H2,2-3H3;1H3;1H2/t8?,9?,10?,11-,12-,13-;;;;;;;/m0......./s1. The maximum atomic E-state index is 11.4. The van der Waals surface area contributed by atoms with Crippen molar-refractivity contribution in [3.05, 3.63) is 12.3 Å². The summed E-state index contributed by atoms with van der Waals surface area (Å²) in [6.07, 6.45) is -4.88. The number of carboxylic acid groups (broad SMARTS) is 1. The van der Waals surface area contributed by atoms with Crippen molar-refractivity contribution >= 4 is 83.9 Å². The Bertz CT molecular complexity index is 1560. The van der Waals surface area contributed by atoms with Gasteiger partial charge in [-0.25, -0.2) is 4.57 Å². The summed E-state index contributed by atoms with van der Waals surface area (Å²) in [6.45, 7) is 12.9. The van der Waals surface area contributed by atoms with E-state index in [9.17, 15) is 53.4 Å². The van der Waals surface area contributed by atoms with Gasteiger partial charge in [0.05, 0.1) is 37.6 Å². The van der Waals surface area contributed by atoms with Crippen molar-refractivity contribution in [1.29, 1.82) is 0 Å². The van der Waals surface area contributed by atoms with E-state index in [0.717, 1.165) is 17.3 Å². The van der Waals surface area contributed by atoms with Gasteiger partial charge in [-0.2, -0.15) is 11.8 Å². The van der Waals surface area contributed by atoms with Crippen molar-refractivity contribution in [2.24, 2.45) is 17.2 Å². The van der Waals surface area contributed by atoms with Crippen LogP contribution in [-0.2, 0) is 52.1 Å². The number of carbonyl (C=O) groups is 7. The molecule has 0 aromatic carbocycles. The van der Waals surface area contributed by atoms with Crippen LogP contribution in [0.3, 0.4) is 0 Å². The van der Waals surface area contributed by atoms with E-state index in [2.05, 4.69) is 48.3 Å². The molecule has 7 unspecified atom stereocenters. The number of nitrogens with one attached hydrogen (secondary N) is 7. The van der Waals surface area contributed by atoms with Crippen molar-refractivity contribution in [2.45, 2.75) is 101 Å². The van der Waals surface area contributed by atoms with E-state index in [-0.39, 0.29) is 64.5 Å². The molecule has 0 saturated carbocycles. The lowest BCUT2D eigenvalue weighted by Crippen LogP contribution is -2.65. The van der Waals surface area contributed by atoms with Gasteiger partial charge in [-0.05, 0) is 62.9 Å². The summed E-state index contributed by atoms with van der Waals surface area (Å²) >= 11 is 4.63. The predicted octanol–water partition coefficient (Wildman–Crippen LogP) is -4.98. The van der Waals surface area contributed by atoms with Crippen molar-refractivity contribution in [1.82, 2.24) is 43.4 Å². The topological polar surface area (TPSA) is 514 Å². The van der Waals surface area contributed by atoms with E-state index in [1.54, 1.807) is 84.4 Å². The number of phosphoric acid groups is 1. The van der Waals surface area contributed by atoms with Gasteiger partial charge in [-0.15, -0.1) is 23.5 Å². The first kappa shape index (κ1) is 85.3. The second-order valence-electron chi connectivity index (χ2n) is 14.7. The Balaban J connectivity index is -0.000000151. The van der Waals surface area contributed by atoms with Gasteiger partial charge in [-0.1, -0.05) is 6.58 Å². The number of aliphatic carboxylic acids is 1. The number of hydrogen-bond donors (Lipinski definition) is 17. The van der Waals surface area contributed by atoms with Crippen LogP contribution in [0, 0.1) is 0 Å². The van der Waals surface area contributed by atoms with Crippen LogP contribution in [0.2, 0.25) is 0 Å². The first-order valence-corrected chi connectivity index (χ1v) is 26.9. The summed E-state index contributed by atoms with van der Waals surface area (Å²) in [5.41, 5.74) is 16.2. The molecule has 0 aromatic rings. The Morgan fingerprint density at radius 1 is 0.689 bits per heavy atom. The van der Waals surface area contributed by atoms with E-state index >= 15 is 0 Å². The lowest BCUT2D eigenvalue weighted by molar-refractivity contribution is -0.270. The van der Waals surface area contributed by atoms with Gasteiger partial charge in [0, 0.05) is 63.5 Å². The first-order valence-electron chi connectivity index (χ1n) is 22.1. The van der Waals surface area contributed by atoms with Crippen LogP contribution >= 0.6 is 43.1 Å². The molecular weight excluding hydrogens is 1060 g/mol. The third-order valence-corrected chi connectivity index (χ3v) is 13.1. The van der Waals surface area contributed by atoms with E-state index < -0.39 is 75.1 Å². The Morgan fingerprint density at radius 3 is 1.38 bits per heavy atom. The Labute approximate surface area is 448 Å². The molecule has 33 heteroatoms. The second-order valence-corrected chi connectivity index (χ2v) is 19.5. The van der Waals surface area contributed by atoms with Crippen LogP contribution < -0.4 is 60.6 Å². The summed E-state index contributed by atoms with van der Waals surface area (Å²) in [7, 11) is 5.50. The average Bonchev–Trinajstić information content (AvgIpc) is 3.30. The number of ketones is 5. The van der Waals surface area contributed by atoms with Crippen molar-refractivity contribution in [2.75, 3.05) is 105 Å². The van der Waals surface area contributed by atoms with Gasteiger partial charge >= 0.3 is 13.8 Å². The SMILES string of the molecule is C=C(NC)C(C)=O.CNC(COP(=O)(O)O)C(C)=O.CNC(CO[C@H]1OC(CO)[C@H](O)[C@@H](O)C1NC(C)=O)C(C)=O.CNC(CSCCN)C(=O)O.CNC(SCCN)C(C)=O.CNC(SCCN)C(C)=O.N.O. The zero-order valence-corrected chi connectivity index (χ0v) is 48.2. The van der Waals surface area contributed by atoms with E-state index in [4.69, 9.17) is 41.6 Å². The van der Waals surface area contributed by atoms with Crippen LogP contribution in [0.1, 0.15) is 41.5 Å². The number of phosphoric ester groups is 1. The number of likely N-dealkylation sites (N-methyl/N-ethyl adjacent to an activating group) is 6. The molecule has 1 heterocycles. The Hall–Kier alpha value is -2.61. The molecule has 10 atom stereocenters. The summed E-state index contributed by atoms with van der Waals surface area (Å²) in [6, 6.07) is -2.71. The number of carbonyl (C=O) groups excluding carboxylic acids is 6. The number of amides is 1. The summed E-state index contributed by atoms with van der Waals surface area (Å²) in [5, 5.41) is 56.4. The van der Waals surface area contributed by atoms with Gasteiger partial charge in [0.2, 0.25) is 5.91 Å². The minimum absolute atomic E-state index is 0. The highest BCUT2D eigenvalue weighted by atomic mass is 32.2. The van der Waals surface area contributed by atoms with Crippen molar-refractivity contribution in [3.63, 3.8) is 0 Å². The minimum Gasteiger partial charge on any atom is -0.480 e. The molecular formula is C41H92N11O18PS3. The number of nitrogens with two attached hydrogens (primary N) is 3. The molecule has 1 aliphatic heterocycles. The third kappa shape index (κ3) is 46.7. The predicted molar refractivity (Wildman–Crippen MR) is 291 cm³/mol. The normalized spacial score (nSPS) is 18.4. The van der Waals surface area contributed by atoms with Crippen molar-refractivity contribution in [3.8, 4) is 0 Å². The van der Waals surface area contributed by atoms with Gasteiger partial charge in [0.15, 0.2) is 23.6 Å². The van der Waals surface area contributed by atoms with Crippen LogP contribution in [0.25, 0.3) is 0 Å². The first-order chi connectivity index (χ1) is 33.5. The third-order valence-electron chi connectivity index (χ3n) is 8.75. The number of Topliss-reactive ketones (excluding diaryl/α,β-unsaturated/α-hetero) is 5. The highest BCUT2D eigenvalue weighted by Crippen LogP contribution is 2.35.